The van der Waals surface area contributed by atoms with Gasteiger partial charge in [-0.25, -0.2) is 0 Å². The molecule has 0 bridgehead atoms. The van der Waals surface area contributed by atoms with Crippen LogP contribution in [0, 0.1) is 0 Å². The first-order valence-corrected chi connectivity index (χ1v) is 34.9. The van der Waals surface area contributed by atoms with E-state index in [1.807, 2.05) is 11.8 Å². The van der Waals surface area contributed by atoms with Crippen LogP contribution >= 0.6 is 11.8 Å². The second-order valence-corrected chi connectivity index (χ2v) is 27.0. The molecular formula is C90H60B2N6S. The fourth-order valence-electron chi connectivity index (χ4n) is 16.4. The van der Waals surface area contributed by atoms with E-state index in [2.05, 4.69) is 393 Å². The van der Waals surface area contributed by atoms with E-state index in [4.69, 9.17) is 0 Å². The lowest BCUT2D eigenvalue weighted by atomic mass is 9.31. The maximum Gasteiger partial charge on any atom is 0.252 e. The van der Waals surface area contributed by atoms with Crippen molar-refractivity contribution < 1.29 is 0 Å². The van der Waals surface area contributed by atoms with Crippen LogP contribution in [0.5, 0.6) is 0 Å². The highest BCUT2D eigenvalue weighted by Crippen LogP contribution is 2.54. The summed E-state index contributed by atoms with van der Waals surface area (Å²) in [6.07, 6.45) is 0. The molecule has 15 aromatic carbocycles. The second kappa shape index (κ2) is 23.2. The zero-order valence-corrected chi connectivity index (χ0v) is 54.7. The normalized spacial score (nSPS) is 12.9. The molecule has 0 atom stereocenters. The molecule has 0 radical (unpaired) electrons. The first-order chi connectivity index (χ1) is 49.2. The van der Waals surface area contributed by atoms with E-state index in [1.165, 1.54) is 64.7 Å². The van der Waals surface area contributed by atoms with E-state index in [1.54, 1.807) is 0 Å². The third-order valence-electron chi connectivity index (χ3n) is 20.5. The molecule has 4 aliphatic heterocycles. The molecule has 0 fully saturated rings. The zero-order chi connectivity index (χ0) is 65.1. The van der Waals surface area contributed by atoms with Crippen molar-refractivity contribution in [3.63, 3.8) is 0 Å². The molecule has 6 nitrogen and oxygen atoms in total. The molecule has 0 aliphatic carbocycles. The van der Waals surface area contributed by atoms with Gasteiger partial charge in [-0.15, -0.1) is 0 Å². The number of para-hydroxylation sites is 10. The van der Waals surface area contributed by atoms with Gasteiger partial charge in [0.25, 0.3) is 6.71 Å². The molecule has 462 valence electrons. The maximum atomic E-state index is 2.69. The fraction of sp³-hybridized carbons (Fsp3) is 0. The Morgan fingerprint density at radius 1 is 0.242 bits per heavy atom. The van der Waals surface area contributed by atoms with Gasteiger partial charge in [0, 0.05) is 106 Å². The molecule has 0 saturated carbocycles. The Labute approximate surface area is 581 Å². The van der Waals surface area contributed by atoms with Crippen molar-refractivity contribution in [3.05, 3.63) is 364 Å². The number of fused-ring (bicyclic) bond motifs is 11. The highest BCUT2D eigenvalue weighted by Gasteiger charge is 2.48. The summed E-state index contributed by atoms with van der Waals surface area (Å²) in [5.41, 5.74) is 29.9. The molecule has 99 heavy (non-hydrogen) atoms. The van der Waals surface area contributed by atoms with Gasteiger partial charge < -0.3 is 29.1 Å². The number of hydrogen-bond acceptors (Lipinski definition) is 6. The smallest absolute Gasteiger partial charge is 0.252 e. The zero-order valence-electron chi connectivity index (χ0n) is 53.9. The van der Waals surface area contributed by atoms with Gasteiger partial charge in [0.15, 0.2) is 0 Å². The monoisotopic (exact) mass is 1280 g/mol. The number of nitrogens with zero attached hydrogens (tertiary/aromatic N) is 6. The largest absolute Gasteiger partial charge is 0.311 e. The maximum absolute atomic E-state index is 2.69. The molecule has 5 heterocycles. The highest BCUT2D eigenvalue weighted by molar-refractivity contribution is 8.00. The number of rotatable bonds is 11. The van der Waals surface area contributed by atoms with Crippen molar-refractivity contribution in [3.8, 4) is 16.8 Å². The minimum absolute atomic E-state index is 0.122. The van der Waals surface area contributed by atoms with Crippen molar-refractivity contribution in [1.29, 1.82) is 0 Å². The minimum Gasteiger partial charge on any atom is -0.311 e. The summed E-state index contributed by atoms with van der Waals surface area (Å²) in [4.78, 5) is 15.1. The minimum atomic E-state index is -0.198. The summed E-state index contributed by atoms with van der Waals surface area (Å²) in [6.45, 7) is -0.320. The molecule has 4 aliphatic rings. The van der Waals surface area contributed by atoms with E-state index >= 15 is 0 Å². The molecule has 0 N–H and O–H groups in total. The average Bonchev–Trinajstić information content (AvgIpc) is 1.43. The Kier molecular flexibility index (Phi) is 13.3. The van der Waals surface area contributed by atoms with Crippen LogP contribution in [0.3, 0.4) is 0 Å². The summed E-state index contributed by atoms with van der Waals surface area (Å²) in [6, 6.07) is 135. The molecular weight excluding hydrogens is 1220 g/mol. The van der Waals surface area contributed by atoms with Crippen LogP contribution in [0.25, 0.3) is 38.6 Å². The molecule has 0 saturated heterocycles. The standard InChI is InChI=1S/C90H60B2N6S/c1-9-31-61(32-10-1)72-57-73-71-47-25-28-50-78(71)95(66-41-19-6-20-42-66)82(73)59-81(72)98-83-60-87-77(92-75-49-27-30-52-80(75)97(68-45-23-8-24-46-68)86-55-70(56-88(99-87)90(86)92)94(64-37-15-4-16-38-64)65-39-17-5-18-40-65)58-76(83)91-74-48-26-29-51-79(74)96(67-43-21-7-22-44-67)84-53-69(54-85(98)89(84)91)93(62-33-11-2-12-34-62)63-35-13-3-14-36-63/h1-60H. The third kappa shape index (κ3) is 9.08. The van der Waals surface area contributed by atoms with Crippen LogP contribution in [0.2, 0.25) is 0 Å². The number of aromatic nitrogens is 1. The molecule has 0 amide bonds. The van der Waals surface area contributed by atoms with Crippen molar-refractivity contribution in [2.24, 2.45) is 0 Å². The summed E-state index contributed by atoms with van der Waals surface area (Å²) in [5.74, 6) is 0. The topological polar surface area (TPSA) is 21.1 Å². The first kappa shape index (κ1) is 56.9. The Balaban J connectivity index is 0.927. The van der Waals surface area contributed by atoms with Gasteiger partial charge >= 0.3 is 0 Å². The van der Waals surface area contributed by atoms with E-state index in [0.717, 1.165) is 102 Å². The van der Waals surface area contributed by atoms with Gasteiger partial charge in [-0.3, -0.25) is 0 Å². The molecule has 1 aromatic heterocycles. The predicted octanol–water partition coefficient (Wildman–Crippen LogP) is 20.2. The third-order valence-corrected chi connectivity index (χ3v) is 21.6. The highest BCUT2D eigenvalue weighted by atomic mass is 32.2. The lowest BCUT2D eigenvalue weighted by molar-refractivity contribution is 1.18. The Morgan fingerprint density at radius 2 is 0.667 bits per heavy atom. The SMILES string of the molecule is c1ccc(-c2cc3c4ccccc4n(-c4ccccc4)c3cc2N2c3cc4c(cc3B3c5ccccc5N(c5ccccc5)c5cc(N(c6ccccc6)c6ccccc6)cc2c53)B2c3ccccc3N(c3ccccc3)c3cc(N(c5ccccc5)c5ccccc5)cc(c32)S4)cc1. The van der Waals surface area contributed by atoms with E-state index in [0.29, 0.717) is 0 Å². The predicted molar refractivity (Wildman–Crippen MR) is 420 cm³/mol. The lowest BCUT2D eigenvalue weighted by Crippen LogP contribution is -2.64. The molecule has 20 rings (SSSR count). The average molecular weight is 1280 g/mol. The van der Waals surface area contributed by atoms with Crippen LogP contribution < -0.4 is 57.3 Å². The molecule has 16 aromatic rings. The van der Waals surface area contributed by atoms with Gasteiger partial charge in [0.2, 0.25) is 6.71 Å². The Morgan fingerprint density at radius 3 is 1.20 bits per heavy atom. The van der Waals surface area contributed by atoms with Crippen molar-refractivity contribution >= 4 is 165 Å². The summed E-state index contributed by atoms with van der Waals surface area (Å²) < 4.78 is 2.48. The number of hydrogen-bond donors (Lipinski definition) is 0. The van der Waals surface area contributed by atoms with Gasteiger partial charge in [-0.2, -0.15) is 0 Å². The van der Waals surface area contributed by atoms with Crippen molar-refractivity contribution in [2.75, 3.05) is 24.5 Å². The van der Waals surface area contributed by atoms with Gasteiger partial charge in [0.05, 0.1) is 22.4 Å². The van der Waals surface area contributed by atoms with Crippen LogP contribution in [-0.4, -0.2) is 18.0 Å². The van der Waals surface area contributed by atoms with Gasteiger partial charge in [-0.1, -0.05) is 236 Å². The second-order valence-electron chi connectivity index (χ2n) is 25.9. The van der Waals surface area contributed by atoms with E-state index in [9.17, 15) is 0 Å². The summed E-state index contributed by atoms with van der Waals surface area (Å²) in [7, 11) is 0. The summed E-state index contributed by atoms with van der Waals surface area (Å²) in [5, 5.41) is 2.39. The van der Waals surface area contributed by atoms with E-state index in [-0.39, 0.29) is 13.4 Å². The van der Waals surface area contributed by atoms with Crippen LogP contribution in [-0.2, 0) is 0 Å². The Hall–Kier alpha value is -12.4. The molecule has 0 unspecified atom stereocenters. The first-order valence-electron chi connectivity index (χ1n) is 34.1. The molecule has 0 spiro atoms. The summed E-state index contributed by atoms with van der Waals surface area (Å²) >= 11 is 1.91. The van der Waals surface area contributed by atoms with Gasteiger partial charge in [0.1, 0.15) is 0 Å². The fourth-order valence-corrected chi connectivity index (χ4v) is 17.6. The van der Waals surface area contributed by atoms with Crippen molar-refractivity contribution in [1.82, 2.24) is 4.57 Å². The van der Waals surface area contributed by atoms with Crippen LogP contribution in [0.15, 0.2) is 374 Å². The quantitative estimate of drug-likeness (QED) is 0.120. The van der Waals surface area contributed by atoms with Gasteiger partial charge in [-0.05, 0) is 178 Å². The molecule has 9 heteroatoms. The van der Waals surface area contributed by atoms with E-state index < -0.39 is 0 Å². The number of benzene rings is 15. The van der Waals surface area contributed by atoms with Crippen LogP contribution in [0.1, 0.15) is 0 Å². The lowest BCUT2D eigenvalue weighted by Gasteiger charge is -2.46. The Bertz CT molecular complexity index is 5730. The van der Waals surface area contributed by atoms with Crippen molar-refractivity contribution in [2.45, 2.75) is 9.79 Å². The number of anilines is 15. The van der Waals surface area contributed by atoms with Crippen LogP contribution in [0.4, 0.5) is 85.3 Å².